The molecule has 0 aromatic heterocycles. The van der Waals surface area contributed by atoms with Crippen LogP contribution in [0.4, 0.5) is 0 Å². The Balaban J connectivity index is 2.02. The third-order valence-electron chi connectivity index (χ3n) is 3.02. The van der Waals surface area contributed by atoms with Crippen molar-refractivity contribution in [1.82, 2.24) is 0 Å². The van der Waals surface area contributed by atoms with E-state index in [4.69, 9.17) is 4.74 Å². The topological polar surface area (TPSA) is 46.5 Å². The van der Waals surface area contributed by atoms with Gasteiger partial charge >= 0.3 is 0 Å². The number of hydrogen-bond donors (Lipinski definition) is 1. The number of ether oxygens (including phenoxy) is 1. The SMILES string of the molecule is CC#COC1=CCC(O)(C=CC(=O)c2ccccc2)C=C1. The molecule has 0 fully saturated rings. The van der Waals surface area contributed by atoms with Gasteiger partial charge in [0.25, 0.3) is 0 Å². The molecule has 0 radical (unpaired) electrons. The van der Waals surface area contributed by atoms with Gasteiger partial charge in [-0.1, -0.05) is 36.3 Å². The van der Waals surface area contributed by atoms with Crippen LogP contribution in [0, 0.1) is 12.0 Å². The highest BCUT2D eigenvalue weighted by Crippen LogP contribution is 2.23. The number of allylic oxidation sites excluding steroid dienone is 2. The minimum atomic E-state index is -1.17. The van der Waals surface area contributed by atoms with Gasteiger partial charge in [-0.15, -0.1) is 0 Å². The van der Waals surface area contributed by atoms with Gasteiger partial charge in [0.2, 0.25) is 0 Å². The molecule has 1 aromatic carbocycles. The maximum absolute atomic E-state index is 12.0. The highest BCUT2D eigenvalue weighted by atomic mass is 16.5. The van der Waals surface area contributed by atoms with Gasteiger partial charge in [0.05, 0.1) is 0 Å². The van der Waals surface area contributed by atoms with Crippen LogP contribution in [0.3, 0.4) is 0 Å². The summed E-state index contributed by atoms with van der Waals surface area (Å²) in [6, 6.07) is 8.93. The maximum atomic E-state index is 12.0. The van der Waals surface area contributed by atoms with Crippen LogP contribution in [0.15, 0.2) is 66.5 Å². The first-order valence-corrected chi connectivity index (χ1v) is 6.62. The Morgan fingerprint density at radius 2 is 2.14 bits per heavy atom. The van der Waals surface area contributed by atoms with Gasteiger partial charge in [0.1, 0.15) is 17.5 Å². The molecule has 3 nitrogen and oxygen atoms in total. The van der Waals surface area contributed by atoms with Gasteiger partial charge in [-0.25, -0.2) is 0 Å². The van der Waals surface area contributed by atoms with Crippen LogP contribution in [0.5, 0.6) is 0 Å². The van der Waals surface area contributed by atoms with Crippen molar-refractivity contribution in [2.75, 3.05) is 0 Å². The zero-order chi connectivity index (χ0) is 15.1. The summed E-state index contributed by atoms with van der Waals surface area (Å²) >= 11 is 0. The Labute approximate surface area is 124 Å². The van der Waals surface area contributed by atoms with Crippen molar-refractivity contribution in [3.05, 3.63) is 72.0 Å². The lowest BCUT2D eigenvalue weighted by atomic mass is 9.93. The lowest BCUT2D eigenvalue weighted by Gasteiger charge is -2.21. The van der Waals surface area contributed by atoms with E-state index in [1.807, 2.05) is 6.07 Å². The molecule has 1 aromatic rings. The fraction of sp³-hybridized carbons (Fsp3) is 0.167. The first kappa shape index (κ1) is 14.8. The average Bonchev–Trinajstić information content (AvgIpc) is 2.53. The summed E-state index contributed by atoms with van der Waals surface area (Å²) in [4.78, 5) is 12.0. The fourth-order valence-corrected chi connectivity index (χ4v) is 1.85. The molecular formula is C18H16O3. The average molecular weight is 280 g/mol. The molecule has 3 heteroatoms. The molecule has 1 unspecified atom stereocenters. The molecular weight excluding hydrogens is 264 g/mol. The number of hydrogen-bond acceptors (Lipinski definition) is 3. The second kappa shape index (κ2) is 6.74. The molecule has 2 rings (SSSR count). The predicted molar refractivity (Wildman–Crippen MR) is 81.2 cm³/mol. The summed E-state index contributed by atoms with van der Waals surface area (Å²) in [5, 5.41) is 10.3. The third kappa shape index (κ3) is 4.20. The van der Waals surface area contributed by atoms with Crippen molar-refractivity contribution in [2.45, 2.75) is 18.9 Å². The molecule has 1 atom stereocenters. The Kier molecular flexibility index (Phi) is 4.76. The van der Waals surface area contributed by atoms with E-state index in [0.29, 0.717) is 17.7 Å². The van der Waals surface area contributed by atoms with E-state index in [0.717, 1.165) is 0 Å². The quantitative estimate of drug-likeness (QED) is 0.524. The molecule has 1 aliphatic rings. The molecule has 0 aliphatic heterocycles. The maximum Gasteiger partial charge on any atom is 0.185 e. The Hall–Kier alpha value is -2.57. The molecule has 0 amide bonds. The number of aliphatic hydroxyl groups is 1. The van der Waals surface area contributed by atoms with Gasteiger partial charge < -0.3 is 9.84 Å². The fourth-order valence-electron chi connectivity index (χ4n) is 1.85. The zero-order valence-electron chi connectivity index (χ0n) is 11.7. The molecule has 1 aliphatic carbocycles. The number of ketones is 1. The molecule has 21 heavy (non-hydrogen) atoms. The smallest absolute Gasteiger partial charge is 0.185 e. The summed E-state index contributed by atoms with van der Waals surface area (Å²) in [6.45, 7) is 1.68. The second-order valence-electron chi connectivity index (χ2n) is 4.65. The largest absolute Gasteiger partial charge is 0.408 e. The van der Waals surface area contributed by atoms with Crippen molar-refractivity contribution >= 4 is 5.78 Å². The van der Waals surface area contributed by atoms with Crippen molar-refractivity contribution in [1.29, 1.82) is 0 Å². The van der Waals surface area contributed by atoms with Crippen LogP contribution in [-0.4, -0.2) is 16.5 Å². The van der Waals surface area contributed by atoms with E-state index in [9.17, 15) is 9.90 Å². The van der Waals surface area contributed by atoms with Crippen molar-refractivity contribution in [3.63, 3.8) is 0 Å². The highest BCUT2D eigenvalue weighted by Gasteiger charge is 2.22. The molecule has 0 saturated carbocycles. The van der Waals surface area contributed by atoms with Crippen molar-refractivity contribution < 1.29 is 14.6 Å². The van der Waals surface area contributed by atoms with Gasteiger partial charge in [0, 0.05) is 18.9 Å². The Morgan fingerprint density at radius 3 is 2.76 bits per heavy atom. The summed E-state index contributed by atoms with van der Waals surface area (Å²) in [5.74, 6) is 3.08. The Bertz CT molecular complexity index is 657. The summed E-state index contributed by atoms with van der Waals surface area (Å²) in [7, 11) is 0. The summed E-state index contributed by atoms with van der Waals surface area (Å²) < 4.78 is 5.13. The van der Waals surface area contributed by atoms with E-state index in [-0.39, 0.29) is 5.78 Å². The molecule has 0 heterocycles. The van der Waals surface area contributed by atoms with E-state index in [2.05, 4.69) is 12.0 Å². The minimum Gasteiger partial charge on any atom is -0.408 e. The number of rotatable bonds is 4. The highest BCUT2D eigenvalue weighted by molar-refractivity contribution is 6.04. The van der Waals surface area contributed by atoms with Gasteiger partial charge in [0.15, 0.2) is 5.78 Å². The Morgan fingerprint density at radius 1 is 1.38 bits per heavy atom. The van der Waals surface area contributed by atoms with Crippen molar-refractivity contribution in [3.8, 4) is 12.0 Å². The van der Waals surface area contributed by atoms with Crippen LogP contribution in [0.25, 0.3) is 0 Å². The second-order valence-corrected chi connectivity index (χ2v) is 4.65. The van der Waals surface area contributed by atoms with Crippen molar-refractivity contribution in [2.24, 2.45) is 0 Å². The lowest BCUT2D eigenvalue weighted by molar-refractivity contribution is 0.103. The molecule has 0 spiro atoms. The van der Waals surface area contributed by atoms with Gasteiger partial charge in [-0.2, -0.15) is 0 Å². The van der Waals surface area contributed by atoms with Crippen LogP contribution < -0.4 is 0 Å². The molecule has 106 valence electrons. The van der Waals surface area contributed by atoms with E-state index >= 15 is 0 Å². The van der Waals surface area contributed by atoms with Crippen LogP contribution in [0.1, 0.15) is 23.7 Å². The normalized spacial score (nSPS) is 20.6. The van der Waals surface area contributed by atoms with E-state index < -0.39 is 5.60 Å². The van der Waals surface area contributed by atoms with E-state index in [1.165, 1.54) is 12.2 Å². The van der Waals surface area contributed by atoms with Crippen LogP contribution in [0.2, 0.25) is 0 Å². The summed E-state index contributed by atoms with van der Waals surface area (Å²) in [5.41, 5.74) is -0.577. The predicted octanol–water partition coefficient (Wildman–Crippen LogP) is 3.00. The first-order valence-electron chi connectivity index (χ1n) is 6.62. The third-order valence-corrected chi connectivity index (χ3v) is 3.02. The van der Waals surface area contributed by atoms with E-state index in [1.54, 1.807) is 49.4 Å². The molecule has 1 N–H and O–H groups in total. The van der Waals surface area contributed by atoms with Crippen LogP contribution in [-0.2, 0) is 4.74 Å². The molecule has 0 saturated heterocycles. The first-order chi connectivity index (χ1) is 10.1. The zero-order valence-corrected chi connectivity index (χ0v) is 11.7. The lowest BCUT2D eigenvalue weighted by Crippen LogP contribution is -2.24. The number of carbonyl (C=O) groups excluding carboxylic acids is 1. The summed E-state index contributed by atoms with van der Waals surface area (Å²) in [6.07, 6.45) is 10.7. The minimum absolute atomic E-state index is 0.139. The van der Waals surface area contributed by atoms with Gasteiger partial charge in [-0.05, 0) is 30.4 Å². The molecule has 0 bridgehead atoms. The van der Waals surface area contributed by atoms with Crippen LogP contribution >= 0.6 is 0 Å². The monoisotopic (exact) mass is 280 g/mol. The number of benzene rings is 1. The number of carbonyl (C=O) groups is 1. The standard InChI is InChI=1S/C18H16O3/c1-2-14-21-16-8-11-18(20,12-9-16)13-10-17(19)15-6-4-3-5-7-15/h3-11,13,20H,12H2,1H3. The van der Waals surface area contributed by atoms with Gasteiger partial charge in [-0.3, -0.25) is 4.79 Å².